The Kier molecular flexibility index (Phi) is 4.04. The molecule has 1 aliphatic rings. The molecule has 0 spiro atoms. The Bertz CT molecular complexity index is 405. The predicted octanol–water partition coefficient (Wildman–Crippen LogP) is 2.70. The average molecular weight is 248 g/mol. The molecule has 4 heteroatoms. The largest absolute Gasteiger partial charge is 0.359 e. The molecule has 2 rings (SSSR count). The van der Waals surface area contributed by atoms with Gasteiger partial charge >= 0.3 is 0 Å². The van der Waals surface area contributed by atoms with Crippen molar-refractivity contribution in [1.82, 2.24) is 9.97 Å². The van der Waals surface area contributed by atoms with Gasteiger partial charge in [-0.15, -0.1) is 0 Å². The van der Waals surface area contributed by atoms with Gasteiger partial charge in [-0.3, -0.25) is 0 Å². The lowest BCUT2D eigenvalue weighted by atomic mass is 10.3. The van der Waals surface area contributed by atoms with Crippen LogP contribution in [0.15, 0.2) is 6.07 Å². The van der Waals surface area contributed by atoms with Crippen molar-refractivity contribution in [1.29, 1.82) is 0 Å². The molecule has 0 amide bonds. The second-order valence-corrected chi connectivity index (χ2v) is 5.47. The molecule has 4 nitrogen and oxygen atoms in total. The maximum absolute atomic E-state index is 4.58. The van der Waals surface area contributed by atoms with E-state index in [4.69, 9.17) is 0 Å². The standard InChI is InChI=1S/C14H24N4/c1-5-6-15-14-16-11(3)8-13(17-14)18(4)9-12-7-10(12)2/h8,10,12H,5-7,9H2,1-4H3,(H,15,16,17). The number of rotatable bonds is 6. The van der Waals surface area contributed by atoms with Crippen LogP contribution in [0, 0.1) is 18.8 Å². The first-order chi connectivity index (χ1) is 8.60. The maximum atomic E-state index is 4.58. The Morgan fingerprint density at radius 2 is 2.17 bits per heavy atom. The molecule has 1 aromatic heterocycles. The van der Waals surface area contributed by atoms with Crippen molar-refractivity contribution in [2.45, 2.75) is 33.6 Å². The highest BCUT2D eigenvalue weighted by molar-refractivity contribution is 5.44. The van der Waals surface area contributed by atoms with Crippen LogP contribution in [0.3, 0.4) is 0 Å². The lowest BCUT2D eigenvalue weighted by Gasteiger charge is -2.19. The van der Waals surface area contributed by atoms with E-state index in [0.717, 1.165) is 48.8 Å². The van der Waals surface area contributed by atoms with E-state index in [1.165, 1.54) is 6.42 Å². The van der Waals surface area contributed by atoms with Gasteiger partial charge in [0.15, 0.2) is 0 Å². The molecule has 18 heavy (non-hydrogen) atoms. The van der Waals surface area contributed by atoms with Crippen LogP contribution in [0.5, 0.6) is 0 Å². The van der Waals surface area contributed by atoms with Crippen LogP contribution < -0.4 is 10.2 Å². The van der Waals surface area contributed by atoms with Crippen molar-refractivity contribution in [3.05, 3.63) is 11.8 Å². The van der Waals surface area contributed by atoms with Gasteiger partial charge in [-0.05, 0) is 31.6 Å². The fraction of sp³-hybridized carbons (Fsp3) is 0.714. The van der Waals surface area contributed by atoms with Crippen molar-refractivity contribution >= 4 is 11.8 Å². The van der Waals surface area contributed by atoms with Gasteiger partial charge in [-0.1, -0.05) is 13.8 Å². The Morgan fingerprint density at radius 1 is 1.44 bits per heavy atom. The molecule has 1 heterocycles. The Hall–Kier alpha value is -1.32. The lowest BCUT2D eigenvalue weighted by Crippen LogP contribution is -2.22. The SMILES string of the molecule is CCCNc1nc(C)cc(N(C)CC2CC2C)n1. The summed E-state index contributed by atoms with van der Waals surface area (Å²) in [6.07, 6.45) is 2.44. The number of hydrogen-bond acceptors (Lipinski definition) is 4. The van der Waals surface area contributed by atoms with Crippen LogP contribution in [0.4, 0.5) is 11.8 Å². The van der Waals surface area contributed by atoms with E-state index in [2.05, 4.69) is 47.1 Å². The van der Waals surface area contributed by atoms with Crippen molar-refractivity contribution in [3.63, 3.8) is 0 Å². The Morgan fingerprint density at radius 3 is 2.78 bits per heavy atom. The molecule has 1 aliphatic carbocycles. The maximum Gasteiger partial charge on any atom is 0.224 e. The number of anilines is 2. The number of nitrogens with zero attached hydrogens (tertiary/aromatic N) is 3. The molecule has 0 radical (unpaired) electrons. The van der Waals surface area contributed by atoms with Crippen LogP contribution in [-0.4, -0.2) is 30.1 Å². The van der Waals surface area contributed by atoms with Gasteiger partial charge < -0.3 is 10.2 Å². The topological polar surface area (TPSA) is 41.1 Å². The molecule has 0 aromatic carbocycles. The predicted molar refractivity (Wildman–Crippen MR) is 76.1 cm³/mol. The van der Waals surface area contributed by atoms with Gasteiger partial charge in [-0.2, -0.15) is 4.98 Å². The van der Waals surface area contributed by atoms with Crippen molar-refractivity contribution in [2.75, 3.05) is 30.4 Å². The van der Waals surface area contributed by atoms with E-state index in [9.17, 15) is 0 Å². The summed E-state index contributed by atoms with van der Waals surface area (Å²) in [6.45, 7) is 8.51. The number of hydrogen-bond donors (Lipinski definition) is 1. The van der Waals surface area contributed by atoms with Crippen LogP contribution in [0.1, 0.15) is 32.4 Å². The zero-order chi connectivity index (χ0) is 13.1. The minimum absolute atomic E-state index is 0.752. The van der Waals surface area contributed by atoms with Crippen LogP contribution >= 0.6 is 0 Å². The van der Waals surface area contributed by atoms with Gasteiger partial charge in [0.2, 0.25) is 5.95 Å². The minimum atomic E-state index is 0.752. The van der Waals surface area contributed by atoms with Gasteiger partial charge in [0, 0.05) is 31.9 Å². The quantitative estimate of drug-likeness (QED) is 0.840. The zero-order valence-corrected chi connectivity index (χ0v) is 11.9. The summed E-state index contributed by atoms with van der Waals surface area (Å²) in [5.74, 6) is 3.51. The van der Waals surface area contributed by atoms with E-state index in [1.54, 1.807) is 0 Å². The Balaban J connectivity index is 2.03. The summed E-state index contributed by atoms with van der Waals surface area (Å²) in [7, 11) is 2.12. The normalized spacial score (nSPS) is 21.8. The molecular formula is C14H24N4. The van der Waals surface area contributed by atoms with E-state index < -0.39 is 0 Å². The van der Waals surface area contributed by atoms with Crippen LogP contribution in [0.2, 0.25) is 0 Å². The second kappa shape index (κ2) is 5.55. The molecule has 2 unspecified atom stereocenters. The first-order valence-electron chi connectivity index (χ1n) is 6.90. The molecule has 0 saturated heterocycles. The van der Waals surface area contributed by atoms with Crippen molar-refractivity contribution < 1.29 is 0 Å². The van der Waals surface area contributed by atoms with E-state index in [1.807, 2.05) is 6.92 Å². The summed E-state index contributed by atoms with van der Waals surface area (Å²) in [5, 5.41) is 3.26. The highest BCUT2D eigenvalue weighted by Gasteiger charge is 2.33. The number of aromatic nitrogens is 2. The minimum Gasteiger partial charge on any atom is -0.359 e. The van der Waals surface area contributed by atoms with E-state index in [0.29, 0.717) is 0 Å². The third-order valence-corrected chi connectivity index (χ3v) is 3.55. The first-order valence-corrected chi connectivity index (χ1v) is 6.90. The summed E-state index contributed by atoms with van der Waals surface area (Å²) in [6, 6.07) is 2.06. The third kappa shape index (κ3) is 3.34. The molecule has 100 valence electrons. The average Bonchev–Trinajstić information content (AvgIpc) is 3.01. The highest BCUT2D eigenvalue weighted by atomic mass is 15.2. The lowest BCUT2D eigenvalue weighted by molar-refractivity contribution is 0.718. The van der Waals surface area contributed by atoms with Crippen molar-refractivity contribution in [2.24, 2.45) is 11.8 Å². The molecule has 0 aliphatic heterocycles. The van der Waals surface area contributed by atoms with Gasteiger partial charge in [0.05, 0.1) is 0 Å². The molecule has 1 fully saturated rings. The molecule has 2 atom stereocenters. The van der Waals surface area contributed by atoms with Crippen LogP contribution in [-0.2, 0) is 0 Å². The zero-order valence-electron chi connectivity index (χ0n) is 11.9. The Labute approximate surface area is 110 Å². The van der Waals surface area contributed by atoms with Crippen molar-refractivity contribution in [3.8, 4) is 0 Å². The van der Waals surface area contributed by atoms with E-state index in [-0.39, 0.29) is 0 Å². The molecule has 0 bridgehead atoms. The number of nitrogens with one attached hydrogen (secondary N) is 1. The summed E-state index contributed by atoms with van der Waals surface area (Å²) in [4.78, 5) is 11.2. The van der Waals surface area contributed by atoms with Crippen LogP contribution in [0.25, 0.3) is 0 Å². The fourth-order valence-corrected chi connectivity index (χ4v) is 2.16. The van der Waals surface area contributed by atoms with Gasteiger partial charge in [0.25, 0.3) is 0 Å². The molecule has 1 saturated carbocycles. The monoisotopic (exact) mass is 248 g/mol. The third-order valence-electron chi connectivity index (χ3n) is 3.55. The summed E-state index contributed by atoms with van der Waals surface area (Å²) in [5.41, 5.74) is 1.02. The highest BCUT2D eigenvalue weighted by Crippen LogP contribution is 2.38. The van der Waals surface area contributed by atoms with Gasteiger partial charge in [-0.25, -0.2) is 4.98 Å². The summed E-state index contributed by atoms with van der Waals surface area (Å²) >= 11 is 0. The fourth-order valence-electron chi connectivity index (χ4n) is 2.16. The molecule has 1 aromatic rings. The van der Waals surface area contributed by atoms with E-state index >= 15 is 0 Å². The smallest absolute Gasteiger partial charge is 0.224 e. The molecular weight excluding hydrogens is 224 g/mol. The number of aryl methyl sites for hydroxylation is 1. The second-order valence-electron chi connectivity index (χ2n) is 5.47. The molecule has 1 N–H and O–H groups in total. The first kappa shape index (κ1) is 13.1. The van der Waals surface area contributed by atoms with Gasteiger partial charge in [0.1, 0.15) is 5.82 Å². The summed E-state index contributed by atoms with van der Waals surface area (Å²) < 4.78 is 0.